The molecular weight excluding hydrogens is 338 g/mol. The molecule has 2 rings (SSSR count). The molecule has 1 fully saturated rings. The van der Waals surface area contributed by atoms with Gasteiger partial charge < -0.3 is 14.2 Å². The van der Waals surface area contributed by atoms with Crippen LogP contribution >= 0.6 is 0 Å². The van der Waals surface area contributed by atoms with Crippen molar-refractivity contribution in [3.05, 3.63) is 29.8 Å². The summed E-state index contributed by atoms with van der Waals surface area (Å²) in [5, 5.41) is 0. The van der Waals surface area contributed by atoms with E-state index in [1.54, 1.807) is 38.1 Å². The van der Waals surface area contributed by atoms with E-state index in [-0.39, 0.29) is 0 Å². The van der Waals surface area contributed by atoms with Crippen LogP contribution in [0.3, 0.4) is 0 Å². The second-order valence-electron chi connectivity index (χ2n) is 5.90. The lowest BCUT2D eigenvalue weighted by Gasteiger charge is -2.36. The van der Waals surface area contributed by atoms with Gasteiger partial charge in [0, 0.05) is 19.1 Å². The predicted molar refractivity (Wildman–Crippen MR) is 94.2 cm³/mol. The molecule has 0 spiro atoms. The number of cyclic esters (lactones) is 2. The molecule has 26 heavy (non-hydrogen) atoms. The number of benzene rings is 1. The normalized spacial score (nSPS) is 17.0. The molecule has 0 aliphatic carbocycles. The average molecular weight is 361 g/mol. The van der Waals surface area contributed by atoms with E-state index in [1.807, 2.05) is 6.92 Å². The monoisotopic (exact) mass is 361 g/mol. The lowest BCUT2D eigenvalue weighted by Crippen LogP contribution is -2.49. The third-order valence-corrected chi connectivity index (χ3v) is 4.07. The van der Waals surface area contributed by atoms with Gasteiger partial charge in [0.1, 0.15) is 0 Å². The topological polar surface area (TPSA) is 91.3 Å². The fraction of sp³-hybridized carbons (Fsp3) is 0.474. The number of carbonyl (C=O) groups is 3. The van der Waals surface area contributed by atoms with E-state index in [0.717, 1.165) is 6.42 Å². The van der Waals surface area contributed by atoms with Crippen molar-refractivity contribution >= 4 is 29.8 Å². The number of aliphatic imine (C=N–C) groups is 1. The van der Waals surface area contributed by atoms with Crippen LogP contribution in [0.1, 0.15) is 50.4 Å². The molecule has 1 aromatic carbocycles. The molecule has 1 saturated heterocycles. The Hall–Kier alpha value is -2.70. The van der Waals surface area contributed by atoms with Crippen LogP contribution < -0.4 is 0 Å². The summed E-state index contributed by atoms with van der Waals surface area (Å²) in [5.41, 5.74) is 0.894. The number of carbonyl (C=O) groups excluding carboxylic acids is 3. The van der Waals surface area contributed by atoms with Crippen LogP contribution in [-0.4, -0.2) is 36.5 Å². The second-order valence-corrected chi connectivity index (χ2v) is 5.90. The van der Waals surface area contributed by atoms with Crippen molar-refractivity contribution in [2.24, 2.45) is 10.9 Å². The highest BCUT2D eigenvalue weighted by Crippen LogP contribution is 2.29. The molecule has 0 unspecified atom stereocenters. The molecular formula is C19H23NO6. The molecule has 1 aromatic rings. The summed E-state index contributed by atoms with van der Waals surface area (Å²) in [4.78, 5) is 40.1. The molecule has 0 aromatic heterocycles. The lowest BCUT2D eigenvalue weighted by molar-refractivity contribution is -0.250. The maximum absolute atomic E-state index is 12.1. The summed E-state index contributed by atoms with van der Waals surface area (Å²) in [5.74, 6) is -4.13. The first-order valence-electron chi connectivity index (χ1n) is 8.71. The molecule has 1 heterocycles. The van der Waals surface area contributed by atoms with Gasteiger partial charge in [0.2, 0.25) is 0 Å². The van der Waals surface area contributed by atoms with E-state index in [4.69, 9.17) is 14.2 Å². The maximum Gasteiger partial charge on any atom is 0.338 e. The summed E-state index contributed by atoms with van der Waals surface area (Å²) >= 11 is 0. The minimum absolute atomic E-state index is 0.363. The zero-order valence-corrected chi connectivity index (χ0v) is 15.2. The molecule has 140 valence electrons. The van der Waals surface area contributed by atoms with E-state index in [9.17, 15) is 14.4 Å². The second kappa shape index (κ2) is 8.60. The van der Waals surface area contributed by atoms with Gasteiger partial charge in [0.25, 0.3) is 5.79 Å². The molecule has 0 radical (unpaired) electrons. The minimum atomic E-state index is -1.20. The SMILES string of the molecule is CCCOC(=O)c1ccc(N=CC2C(=O)OC(CC)(CC)OC2=O)cc1. The van der Waals surface area contributed by atoms with E-state index in [0.29, 0.717) is 30.7 Å². The number of rotatable bonds is 7. The van der Waals surface area contributed by atoms with Crippen molar-refractivity contribution in [2.75, 3.05) is 6.61 Å². The van der Waals surface area contributed by atoms with Gasteiger partial charge in [0.05, 0.1) is 17.9 Å². The van der Waals surface area contributed by atoms with Crippen LogP contribution in [0.5, 0.6) is 0 Å². The van der Waals surface area contributed by atoms with Gasteiger partial charge in [-0.1, -0.05) is 20.8 Å². The van der Waals surface area contributed by atoms with Gasteiger partial charge in [-0.2, -0.15) is 0 Å². The standard InChI is InChI=1S/C19H23NO6/c1-4-11-24-16(21)13-7-9-14(10-8-13)20-12-15-17(22)25-19(5-2,6-3)26-18(15)23/h7-10,12,15H,4-6,11H2,1-3H3. The van der Waals surface area contributed by atoms with E-state index < -0.39 is 29.6 Å². The molecule has 7 heteroatoms. The zero-order valence-electron chi connectivity index (χ0n) is 15.2. The fourth-order valence-corrected chi connectivity index (χ4v) is 2.39. The first-order valence-corrected chi connectivity index (χ1v) is 8.71. The maximum atomic E-state index is 12.1. The van der Waals surface area contributed by atoms with Gasteiger partial charge in [-0.05, 0) is 30.7 Å². The Balaban J connectivity index is 2.04. The van der Waals surface area contributed by atoms with Gasteiger partial charge in [-0.25, -0.2) is 4.79 Å². The lowest BCUT2D eigenvalue weighted by atomic mass is 10.1. The predicted octanol–water partition coefficient (Wildman–Crippen LogP) is 3.19. The Morgan fingerprint density at radius 2 is 1.69 bits per heavy atom. The fourth-order valence-electron chi connectivity index (χ4n) is 2.39. The number of ether oxygens (including phenoxy) is 3. The van der Waals surface area contributed by atoms with Crippen LogP contribution in [0, 0.1) is 5.92 Å². The Morgan fingerprint density at radius 1 is 1.12 bits per heavy atom. The molecule has 0 bridgehead atoms. The van der Waals surface area contributed by atoms with Crippen molar-refractivity contribution in [3.63, 3.8) is 0 Å². The van der Waals surface area contributed by atoms with Crippen molar-refractivity contribution in [3.8, 4) is 0 Å². The summed E-state index contributed by atoms with van der Waals surface area (Å²) in [6.45, 7) is 5.84. The van der Waals surface area contributed by atoms with Gasteiger partial charge in [-0.3, -0.25) is 14.6 Å². The van der Waals surface area contributed by atoms with Crippen molar-refractivity contribution in [1.29, 1.82) is 0 Å². The first kappa shape index (κ1) is 19.6. The van der Waals surface area contributed by atoms with Crippen molar-refractivity contribution < 1.29 is 28.6 Å². The number of hydrogen-bond acceptors (Lipinski definition) is 7. The largest absolute Gasteiger partial charge is 0.462 e. The average Bonchev–Trinajstić information content (AvgIpc) is 2.65. The number of esters is 3. The van der Waals surface area contributed by atoms with Crippen LogP contribution in [0.15, 0.2) is 29.3 Å². The smallest absolute Gasteiger partial charge is 0.338 e. The van der Waals surface area contributed by atoms with E-state index >= 15 is 0 Å². The van der Waals surface area contributed by atoms with Gasteiger partial charge in [-0.15, -0.1) is 0 Å². The van der Waals surface area contributed by atoms with E-state index in [2.05, 4.69) is 4.99 Å². The van der Waals surface area contributed by atoms with Gasteiger partial charge in [0.15, 0.2) is 5.92 Å². The number of hydrogen-bond donors (Lipinski definition) is 0. The van der Waals surface area contributed by atoms with Crippen molar-refractivity contribution in [1.82, 2.24) is 0 Å². The molecule has 0 N–H and O–H groups in total. The molecule has 1 aliphatic heterocycles. The Kier molecular flexibility index (Phi) is 6.49. The molecule has 0 atom stereocenters. The highest BCUT2D eigenvalue weighted by atomic mass is 16.7. The molecule has 0 saturated carbocycles. The van der Waals surface area contributed by atoms with E-state index in [1.165, 1.54) is 6.21 Å². The first-order chi connectivity index (χ1) is 12.4. The van der Waals surface area contributed by atoms with Crippen LogP contribution in [0.4, 0.5) is 5.69 Å². The molecule has 1 aliphatic rings. The van der Waals surface area contributed by atoms with Crippen LogP contribution in [0.2, 0.25) is 0 Å². The Labute approximate surface area is 152 Å². The van der Waals surface area contributed by atoms with Gasteiger partial charge >= 0.3 is 17.9 Å². The van der Waals surface area contributed by atoms with Crippen molar-refractivity contribution in [2.45, 2.75) is 45.8 Å². The van der Waals surface area contributed by atoms with Crippen LogP contribution in [0.25, 0.3) is 0 Å². The highest BCUT2D eigenvalue weighted by molar-refractivity contribution is 6.10. The third-order valence-electron chi connectivity index (χ3n) is 4.07. The Morgan fingerprint density at radius 3 is 2.19 bits per heavy atom. The highest BCUT2D eigenvalue weighted by Gasteiger charge is 2.46. The summed E-state index contributed by atoms with van der Waals surface area (Å²) in [7, 11) is 0. The molecule has 0 amide bonds. The number of nitrogens with zero attached hydrogens (tertiary/aromatic N) is 1. The molecule has 7 nitrogen and oxygen atoms in total. The summed E-state index contributed by atoms with van der Waals surface area (Å²) < 4.78 is 15.6. The summed E-state index contributed by atoms with van der Waals surface area (Å²) in [6, 6.07) is 6.34. The zero-order chi connectivity index (χ0) is 19.2. The Bertz CT molecular complexity index is 670. The minimum Gasteiger partial charge on any atom is -0.462 e. The van der Waals surface area contributed by atoms with Crippen LogP contribution in [-0.2, 0) is 23.8 Å². The third kappa shape index (κ3) is 4.47. The summed E-state index contributed by atoms with van der Waals surface area (Å²) in [6.07, 6.45) is 2.73. The quantitative estimate of drug-likeness (QED) is 0.421.